The monoisotopic (exact) mass is 614 g/mol. The topological polar surface area (TPSA) is 95.8 Å². The highest BCUT2D eigenvalue weighted by Crippen LogP contribution is 2.39. The maximum Gasteiger partial charge on any atom is 0.508 e. The van der Waals surface area contributed by atoms with Gasteiger partial charge in [-0.2, -0.15) is 5.10 Å². The van der Waals surface area contributed by atoms with Crippen molar-refractivity contribution in [1.82, 2.24) is 14.8 Å². The number of ether oxygens (including phenoxy) is 3. The summed E-state index contributed by atoms with van der Waals surface area (Å²) in [4.78, 5) is 33.0. The Labute approximate surface area is 266 Å². The molecule has 0 unspecified atom stereocenters. The van der Waals surface area contributed by atoms with Crippen LogP contribution in [0.4, 0.5) is 10.5 Å². The summed E-state index contributed by atoms with van der Waals surface area (Å²) in [5.74, 6) is 1.73. The molecule has 45 heavy (non-hydrogen) atoms. The number of aromatic nitrogens is 3. The minimum absolute atomic E-state index is 0.101. The van der Waals surface area contributed by atoms with E-state index in [1.807, 2.05) is 24.1 Å². The van der Waals surface area contributed by atoms with Crippen molar-refractivity contribution in [3.05, 3.63) is 60.2 Å². The normalized spacial score (nSPS) is 23.3. The number of nitrogens with zero attached hydrogens (tertiary/aromatic N) is 4. The summed E-state index contributed by atoms with van der Waals surface area (Å²) in [5.41, 5.74) is 5.17. The van der Waals surface area contributed by atoms with Gasteiger partial charge in [-0.1, -0.05) is 12.1 Å². The van der Waals surface area contributed by atoms with Crippen LogP contribution in [0.3, 0.4) is 0 Å². The quantitative estimate of drug-likeness (QED) is 0.217. The minimum atomic E-state index is -0.619. The number of pyridine rings is 1. The molecule has 0 atom stereocenters. The summed E-state index contributed by atoms with van der Waals surface area (Å²) in [6, 6.07) is 13.0. The van der Waals surface area contributed by atoms with Crippen molar-refractivity contribution < 1.29 is 23.8 Å². The van der Waals surface area contributed by atoms with Gasteiger partial charge in [-0.15, -0.1) is 0 Å². The zero-order valence-corrected chi connectivity index (χ0v) is 26.8. The van der Waals surface area contributed by atoms with Gasteiger partial charge in [0.1, 0.15) is 11.9 Å². The molecule has 0 spiro atoms. The van der Waals surface area contributed by atoms with Crippen molar-refractivity contribution in [2.75, 3.05) is 25.2 Å². The summed E-state index contributed by atoms with van der Waals surface area (Å²) in [5, 5.41) is 4.60. The average molecular weight is 615 g/mol. The van der Waals surface area contributed by atoms with Crippen molar-refractivity contribution in [3.63, 3.8) is 0 Å². The Bertz CT molecular complexity index is 1470. The molecule has 6 rings (SSSR count). The molecule has 0 bridgehead atoms. The van der Waals surface area contributed by atoms with Gasteiger partial charge in [0.2, 0.25) is 5.91 Å². The van der Waals surface area contributed by atoms with Gasteiger partial charge in [0.05, 0.1) is 31.6 Å². The Kier molecular flexibility index (Phi) is 9.71. The summed E-state index contributed by atoms with van der Waals surface area (Å²) in [6.07, 6.45) is 12.6. The zero-order chi connectivity index (χ0) is 31.3. The van der Waals surface area contributed by atoms with E-state index in [2.05, 4.69) is 46.3 Å². The molecule has 2 heterocycles. The van der Waals surface area contributed by atoms with E-state index in [-0.39, 0.29) is 17.9 Å². The highest BCUT2D eigenvalue weighted by Gasteiger charge is 2.34. The Morgan fingerprint density at radius 1 is 0.956 bits per heavy atom. The summed E-state index contributed by atoms with van der Waals surface area (Å²) >= 11 is 0. The number of carbonyl (C=O) groups excluding carboxylic acids is 2. The fourth-order valence-corrected chi connectivity index (χ4v) is 7.05. The van der Waals surface area contributed by atoms with E-state index < -0.39 is 6.16 Å². The number of carbonyl (C=O) groups is 2. The first-order chi connectivity index (χ1) is 21.9. The van der Waals surface area contributed by atoms with Gasteiger partial charge in [0, 0.05) is 41.5 Å². The molecule has 240 valence electrons. The van der Waals surface area contributed by atoms with E-state index in [9.17, 15) is 9.59 Å². The molecule has 9 heteroatoms. The number of methoxy groups -OCH3 is 1. The molecule has 0 N–H and O–H groups in total. The molecule has 0 aliphatic heterocycles. The summed E-state index contributed by atoms with van der Waals surface area (Å²) in [7, 11) is 1.68. The molecule has 3 saturated carbocycles. The first-order valence-corrected chi connectivity index (χ1v) is 16.7. The molecule has 3 fully saturated rings. The van der Waals surface area contributed by atoms with Crippen LogP contribution in [0.2, 0.25) is 0 Å². The number of anilines is 1. The van der Waals surface area contributed by atoms with Crippen molar-refractivity contribution in [2.45, 2.75) is 96.1 Å². The van der Waals surface area contributed by atoms with Crippen molar-refractivity contribution in [3.8, 4) is 16.9 Å². The van der Waals surface area contributed by atoms with Gasteiger partial charge in [0.25, 0.3) is 0 Å². The Morgan fingerprint density at radius 3 is 2.42 bits per heavy atom. The highest BCUT2D eigenvalue weighted by atomic mass is 16.7. The number of amides is 1. The molecule has 9 nitrogen and oxygen atoms in total. The summed E-state index contributed by atoms with van der Waals surface area (Å²) in [6.45, 7) is 4.76. The highest BCUT2D eigenvalue weighted by molar-refractivity contribution is 5.95. The largest absolute Gasteiger partial charge is 0.508 e. The first-order valence-electron chi connectivity index (χ1n) is 16.7. The van der Waals surface area contributed by atoms with Gasteiger partial charge in [-0.3, -0.25) is 14.5 Å². The molecular weight excluding hydrogens is 568 g/mol. The molecule has 0 radical (unpaired) electrons. The maximum absolute atomic E-state index is 14.3. The fourth-order valence-electron chi connectivity index (χ4n) is 7.05. The lowest BCUT2D eigenvalue weighted by Crippen LogP contribution is -2.42. The van der Waals surface area contributed by atoms with Crippen molar-refractivity contribution >= 4 is 17.7 Å². The number of benzene rings is 1. The molecule has 3 aromatic rings. The smallest absolute Gasteiger partial charge is 0.495 e. The minimum Gasteiger partial charge on any atom is -0.495 e. The lowest BCUT2D eigenvalue weighted by atomic mass is 9.79. The number of aryl methyl sites for hydroxylation is 1. The van der Waals surface area contributed by atoms with Crippen LogP contribution in [-0.4, -0.2) is 53.2 Å². The second-order valence-electron chi connectivity index (χ2n) is 13.0. The van der Waals surface area contributed by atoms with E-state index in [4.69, 9.17) is 19.2 Å². The molecule has 3 aliphatic rings. The second kappa shape index (κ2) is 14.0. The van der Waals surface area contributed by atoms with E-state index >= 15 is 0 Å². The van der Waals surface area contributed by atoms with Crippen molar-refractivity contribution in [1.29, 1.82) is 0 Å². The molecular formula is C36H46N4O5. The Morgan fingerprint density at radius 2 is 1.73 bits per heavy atom. The van der Waals surface area contributed by atoms with E-state index in [1.54, 1.807) is 14.0 Å². The molecule has 3 aliphatic carbocycles. The van der Waals surface area contributed by atoms with Gasteiger partial charge < -0.3 is 19.1 Å². The first kappa shape index (κ1) is 31.1. The molecule has 0 saturated heterocycles. The zero-order valence-electron chi connectivity index (χ0n) is 26.8. The van der Waals surface area contributed by atoms with Crippen LogP contribution in [0.15, 0.2) is 48.8 Å². The van der Waals surface area contributed by atoms with Gasteiger partial charge >= 0.3 is 6.16 Å². The molecule has 1 aromatic carbocycles. The number of rotatable bonds is 10. The van der Waals surface area contributed by atoms with E-state index in [0.717, 1.165) is 59.6 Å². The number of hydrogen-bond acceptors (Lipinski definition) is 7. The van der Waals surface area contributed by atoms with Crippen LogP contribution in [0.25, 0.3) is 11.1 Å². The van der Waals surface area contributed by atoms with E-state index in [1.165, 1.54) is 12.8 Å². The third-order valence-corrected chi connectivity index (χ3v) is 9.81. The predicted molar refractivity (Wildman–Crippen MR) is 172 cm³/mol. The van der Waals surface area contributed by atoms with Crippen LogP contribution in [-0.2, 0) is 14.3 Å². The fraction of sp³-hybridized carbons (Fsp3) is 0.556. The summed E-state index contributed by atoms with van der Waals surface area (Å²) < 4.78 is 17.9. The SMILES string of the molecule is CCOC(=O)O[C@H]1CC[C@H](C(=O)N(C[C@H]2CC[C@H](c3ccc(OC)c(C)n3)CC2)c2cccc(-c3cnn(C4CC4)c3)c2)CC1. The maximum atomic E-state index is 14.3. The number of hydrogen-bond donors (Lipinski definition) is 0. The Balaban J connectivity index is 1.16. The van der Waals surface area contributed by atoms with Crippen LogP contribution in [0, 0.1) is 18.8 Å². The predicted octanol–water partition coefficient (Wildman–Crippen LogP) is 7.64. The lowest BCUT2D eigenvalue weighted by Gasteiger charge is -2.36. The van der Waals surface area contributed by atoms with Crippen LogP contribution < -0.4 is 9.64 Å². The molecule has 2 aromatic heterocycles. The van der Waals surface area contributed by atoms with Crippen molar-refractivity contribution in [2.24, 2.45) is 11.8 Å². The average Bonchev–Trinajstić information content (AvgIpc) is 3.80. The van der Waals surface area contributed by atoms with Crippen LogP contribution in [0.1, 0.15) is 94.5 Å². The van der Waals surface area contributed by atoms with Gasteiger partial charge in [0.15, 0.2) is 0 Å². The van der Waals surface area contributed by atoms with Gasteiger partial charge in [-0.25, -0.2) is 4.79 Å². The van der Waals surface area contributed by atoms with Crippen LogP contribution in [0.5, 0.6) is 5.75 Å². The lowest BCUT2D eigenvalue weighted by molar-refractivity contribution is -0.124. The van der Waals surface area contributed by atoms with Crippen LogP contribution >= 0.6 is 0 Å². The Hall–Kier alpha value is -3.88. The third kappa shape index (κ3) is 7.51. The van der Waals surface area contributed by atoms with E-state index in [0.29, 0.717) is 56.7 Å². The third-order valence-electron chi connectivity index (χ3n) is 9.81. The van der Waals surface area contributed by atoms with Gasteiger partial charge in [-0.05, 0) is 114 Å². The second-order valence-corrected chi connectivity index (χ2v) is 13.0. The molecule has 1 amide bonds. The standard InChI is InChI=1S/C36H46N4O5/c1-4-44-36(42)45-32-16-12-27(13-17-32)35(41)39(31-7-5-6-28(20-31)29-21-37-40(23-29)30-14-15-30)22-25-8-10-26(11-9-25)33-18-19-34(43-3)24(2)38-33/h5-7,18-21,23,25-27,30,32H,4,8-17,22H2,1-3H3/t25-,26-,27-,32-.